The molecule has 142 valence electrons. The van der Waals surface area contributed by atoms with Gasteiger partial charge >= 0.3 is 0 Å². The number of aliphatic hydroxyl groups is 1. The monoisotopic (exact) mass is 362 g/mol. The van der Waals surface area contributed by atoms with Crippen molar-refractivity contribution < 1.29 is 5.11 Å². The third-order valence-electron chi connectivity index (χ3n) is 6.24. The lowest BCUT2D eigenvalue weighted by molar-refractivity contribution is 0.203. The van der Waals surface area contributed by atoms with Gasteiger partial charge in [0.15, 0.2) is 0 Å². The second kappa shape index (κ2) is 7.85. The van der Waals surface area contributed by atoms with Gasteiger partial charge in [-0.25, -0.2) is 4.98 Å². The van der Waals surface area contributed by atoms with Gasteiger partial charge in [0.2, 0.25) is 0 Å². The molecule has 3 heteroatoms. The minimum Gasteiger partial charge on any atom is -0.380 e. The molecule has 1 saturated carbocycles. The highest BCUT2D eigenvalue weighted by Gasteiger charge is 2.21. The Kier molecular flexibility index (Phi) is 5.31. The van der Waals surface area contributed by atoms with E-state index in [1.54, 1.807) is 0 Å². The van der Waals surface area contributed by atoms with E-state index >= 15 is 0 Å². The molecule has 4 rings (SSSR count). The molecule has 1 N–H and O–H groups in total. The van der Waals surface area contributed by atoms with Crippen molar-refractivity contribution in [2.24, 2.45) is 5.92 Å². The van der Waals surface area contributed by atoms with Crippen molar-refractivity contribution in [3.63, 3.8) is 0 Å². The minimum absolute atomic E-state index is 0.689. The van der Waals surface area contributed by atoms with Gasteiger partial charge in [0.25, 0.3) is 0 Å². The molecule has 0 bridgehead atoms. The van der Waals surface area contributed by atoms with Gasteiger partial charge in [0, 0.05) is 6.54 Å². The fourth-order valence-corrected chi connectivity index (χ4v) is 4.41. The van der Waals surface area contributed by atoms with Gasteiger partial charge in [-0.1, -0.05) is 62.4 Å². The second-order valence-corrected chi connectivity index (χ2v) is 8.15. The van der Waals surface area contributed by atoms with Gasteiger partial charge in [0.1, 0.15) is 11.9 Å². The molecule has 0 amide bonds. The van der Waals surface area contributed by atoms with Crippen LogP contribution >= 0.6 is 0 Å². The summed E-state index contributed by atoms with van der Waals surface area (Å²) in [5, 5.41) is 11.1. The van der Waals surface area contributed by atoms with Crippen molar-refractivity contribution in [2.75, 3.05) is 0 Å². The quantitative estimate of drug-likeness (QED) is 0.632. The number of nitrogens with zero attached hydrogens (tertiary/aromatic N) is 2. The largest absolute Gasteiger partial charge is 0.380 e. The van der Waals surface area contributed by atoms with Crippen LogP contribution in [0.5, 0.6) is 0 Å². The summed E-state index contributed by atoms with van der Waals surface area (Å²) in [6.45, 7) is 5.21. The Bertz CT molecular complexity index is 907. The summed E-state index contributed by atoms with van der Waals surface area (Å²) in [5.74, 6) is 1.58. The van der Waals surface area contributed by atoms with Crippen molar-refractivity contribution in [1.82, 2.24) is 9.55 Å². The zero-order valence-corrected chi connectivity index (χ0v) is 16.5. The molecule has 1 unspecified atom stereocenters. The van der Waals surface area contributed by atoms with Crippen molar-refractivity contribution in [3.8, 4) is 0 Å². The lowest BCUT2D eigenvalue weighted by Crippen LogP contribution is -2.14. The average Bonchev–Trinajstić information content (AvgIpc) is 3.05. The highest BCUT2D eigenvalue weighted by molar-refractivity contribution is 5.78. The van der Waals surface area contributed by atoms with Crippen molar-refractivity contribution in [2.45, 2.75) is 65.0 Å². The number of fused-ring (bicyclic) bond motifs is 1. The molecule has 0 spiro atoms. The summed E-state index contributed by atoms with van der Waals surface area (Å²) < 4.78 is 2.27. The Balaban J connectivity index is 1.72. The SMILES string of the molecule is Cc1cc2nc(C(O)c3ccccc3)n(CCC3CCCCC3)c2cc1C. The summed E-state index contributed by atoms with van der Waals surface area (Å²) in [6.07, 6.45) is 7.31. The fourth-order valence-electron chi connectivity index (χ4n) is 4.41. The summed E-state index contributed by atoms with van der Waals surface area (Å²) in [4.78, 5) is 4.87. The molecule has 1 heterocycles. The van der Waals surface area contributed by atoms with Crippen LogP contribution in [0.3, 0.4) is 0 Å². The van der Waals surface area contributed by atoms with Crippen LogP contribution in [0.15, 0.2) is 42.5 Å². The summed E-state index contributed by atoms with van der Waals surface area (Å²) in [6, 6.07) is 14.3. The highest BCUT2D eigenvalue weighted by atomic mass is 16.3. The predicted molar refractivity (Wildman–Crippen MR) is 111 cm³/mol. The smallest absolute Gasteiger partial charge is 0.143 e. The molecule has 2 aromatic carbocycles. The molecule has 1 aliphatic rings. The molecule has 1 atom stereocenters. The molecule has 0 saturated heterocycles. The summed E-state index contributed by atoms with van der Waals surface area (Å²) in [7, 11) is 0. The van der Waals surface area contributed by atoms with Crippen LogP contribution in [-0.4, -0.2) is 14.7 Å². The molecule has 1 fully saturated rings. The van der Waals surface area contributed by atoms with E-state index in [-0.39, 0.29) is 0 Å². The zero-order valence-electron chi connectivity index (χ0n) is 16.5. The number of hydrogen-bond donors (Lipinski definition) is 1. The van der Waals surface area contributed by atoms with Crippen LogP contribution in [-0.2, 0) is 6.54 Å². The standard InChI is InChI=1S/C24H30N2O/c1-17-15-21-22(16-18(17)2)26(14-13-19-9-5-3-6-10-19)24(25-21)23(27)20-11-7-4-8-12-20/h4,7-8,11-12,15-16,19,23,27H,3,5-6,9-10,13-14H2,1-2H3. The van der Waals surface area contributed by atoms with Gasteiger partial charge in [-0.15, -0.1) is 0 Å². The van der Waals surface area contributed by atoms with E-state index in [1.807, 2.05) is 30.3 Å². The average molecular weight is 363 g/mol. The number of hydrogen-bond acceptors (Lipinski definition) is 2. The number of rotatable bonds is 5. The minimum atomic E-state index is -0.689. The van der Waals surface area contributed by atoms with E-state index < -0.39 is 6.10 Å². The number of benzene rings is 2. The Labute approximate surface area is 162 Å². The van der Waals surface area contributed by atoms with Crippen LogP contribution in [0.2, 0.25) is 0 Å². The van der Waals surface area contributed by atoms with E-state index in [2.05, 4.69) is 30.5 Å². The maximum Gasteiger partial charge on any atom is 0.143 e. The van der Waals surface area contributed by atoms with Gasteiger partial charge in [-0.2, -0.15) is 0 Å². The molecular weight excluding hydrogens is 332 g/mol. The van der Waals surface area contributed by atoms with Crippen molar-refractivity contribution in [3.05, 3.63) is 65.0 Å². The van der Waals surface area contributed by atoms with Crippen molar-refractivity contribution in [1.29, 1.82) is 0 Å². The number of aryl methyl sites for hydroxylation is 3. The summed E-state index contributed by atoms with van der Waals surface area (Å²) >= 11 is 0. The van der Waals surface area contributed by atoms with Crippen molar-refractivity contribution >= 4 is 11.0 Å². The molecule has 3 aromatic rings. The van der Waals surface area contributed by atoms with Crippen LogP contribution in [0.4, 0.5) is 0 Å². The molecule has 3 nitrogen and oxygen atoms in total. The highest BCUT2D eigenvalue weighted by Crippen LogP contribution is 2.31. The molecule has 1 aliphatic carbocycles. The third kappa shape index (κ3) is 3.79. The summed E-state index contributed by atoms with van der Waals surface area (Å²) in [5.41, 5.74) is 5.58. The molecule has 0 radical (unpaired) electrons. The van der Waals surface area contributed by atoms with E-state index in [0.29, 0.717) is 0 Å². The lowest BCUT2D eigenvalue weighted by Gasteiger charge is -2.23. The maximum absolute atomic E-state index is 11.1. The van der Waals surface area contributed by atoms with Crippen LogP contribution in [0.1, 0.15) is 67.1 Å². The molecule has 0 aliphatic heterocycles. The second-order valence-electron chi connectivity index (χ2n) is 8.15. The zero-order chi connectivity index (χ0) is 18.8. The van der Waals surface area contributed by atoms with Gasteiger partial charge in [-0.05, 0) is 55.0 Å². The van der Waals surface area contributed by atoms with Gasteiger partial charge in [0.05, 0.1) is 11.0 Å². The first-order chi connectivity index (χ1) is 13.1. The maximum atomic E-state index is 11.1. The first kappa shape index (κ1) is 18.2. The Morgan fingerprint density at radius 2 is 1.74 bits per heavy atom. The van der Waals surface area contributed by atoms with Crippen LogP contribution < -0.4 is 0 Å². The number of imidazole rings is 1. The van der Waals surface area contributed by atoms with Gasteiger partial charge < -0.3 is 9.67 Å². The molecule has 1 aromatic heterocycles. The normalized spacial score (nSPS) is 16.7. The Morgan fingerprint density at radius 3 is 2.48 bits per heavy atom. The Morgan fingerprint density at radius 1 is 1.04 bits per heavy atom. The van der Waals surface area contributed by atoms with Crippen LogP contribution in [0.25, 0.3) is 11.0 Å². The molecule has 27 heavy (non-hydrogen) atoms. The topological polar surface area (TPSA) is 38.1 Å². The first-order valence-electron chi connectivity index (χ1n) is 10.3. The third-order valence-corrected chi connectivity index (χ3v) is 6.24. The number of aromatic nitrogens is 2. The molecular formula is C24H30N2O. The lowest BCUT2D eigenvalue weighted by atomic mass is 9.87. The van der Waals surface area contributed by atoms with Gasteiger partial charge in [-0.3, -0.25) is 0 Å². The van der Waals surface area contributed by atoms with E-state index in [1.165, 1.54) is 49.7 Å². The number of aliphatic hydroxyl groups excluding tert-OH is 1. The van der Waals surface area contributed by atoms with Crippen LogP contribution in [0, 0.1) is 19.8 Å². The van der Waals surface area contributed by atoms with E-state index in [4.69, 9.17) is 4.98 Å². The fraction of sp³-hybridized carbons (Fsp3) is 0.458. The predicted octanol–water partition coefficient (Wildman–Crippen LogP) is 5.71. The first-order valence-corrected chi connectivity index (χ1v) is 10.3. The Hall–Kier alpha value is -2.13. The van der Waals surface area contributed by atoms with E-state index in [0.717, 1.165) is 34.9 Å². The van der Waals surface area contributed by atoms with E-state index in [9.17, 15) is 5.11 Å².